The lowest BCUT2D eigenvalue weighted by molar-refractivity contribution is -0.379. The minimum absolute atomic E-state index is 0.238. The predicted molar refractivity (Wildman–Crippen MR) is 356 cm³/mol. The van der Waals surface area contributed by atoms with E-state index in [1.807, 2.05) is 0 Å². The molecule has 3 aliphatic rings. The third-order valence-electron chi connectivity index (χ3n) is 18.8. The van der Waals surface area contributed by atoms with E-state index in [-0.39, 0.29) is 18.9 Å². The largest absolute Gasteiger partial charge is 0.394 e. The Morgan fingerprint density at radius 3 is 1.12 bits per heavy atom. The van der Waals surface area contributed by atoms with Crippen LogP contribution in [0, 0.1) is 0 Å². The highest BCUT2D eigenvalue weighted by Crippen LogP contribution is 2.33. The van der Waals surface area contributed by atoms with Crippen LogP contribution in [0.1, 0.15) is 296 Å². The van der Waals surface area contributed by atoms with Crippen LogP contribution in [0.3, 0.4) is 0 Å². The summed E-state index contributed by atoms with van der Waals surface area (Å²) in [6, 6.07) is -0.884. The van der Waals surface area contributed by atoms with Gasteiger partial charge in [-0.15, -0.1) is 0 Å². The summed E-state index contributed by atoms with van der Waals surface area (Å²) in [4.78, 5) is 13.4. The first-order chi connectivity index (χ1) is 44.3. The van der Waals surface area contributed by atoms with Crippen LogP contribution in [0.15, 0.2) is 24.3 Å². The molecule has 3 fully saturated rings. The van der Waals surface area contributed by atoms with Gasteiger partial charge in [-0.1, -0.05) is 269 Å². The van der Waals surface area contributed by atoms with Gasteiger partial charge in [0, 0.05) is 6.42 Å². The van der Waals surface area contributed by atoms with Crippen LogP contribution in [0.25, 0.3) is 0 Å². The van der Waals surface area contributed by atoms with Crippen LogP contribution in [-0.4, -0.2) is 193 Å². The van der Waals surface area contributed by atoms with Crippen molar-refractivity contribution in [2.24, 2.45) is 0 Å². The van der Waals surface area contributed by atoms with Crippen molar-refractivity contribution in [2.75, 3.05) is 26.4 Å². The van der Waals surface area contributed by atoms with E-state index in [1.165, 1.54) is 212 Å². The van der Waals surface area contributed by atoms with Gasteiger partial charge in [0.25, 0.3) is 0 Å². The van der Waals surface area contributed by atoms with Gasteiger partial charge in [0.2, 0.25) is 5.91 Å². The highest BCUT2D eigenvalue weighted by Gasteiger charge is 2.53. The molecular weight excluding hydrogens is 1170 g/mol. The van der Waals surface area contributed by atoms with Crippen LogP contribution in [-0.2, 0) is 33.2 Å². The number of unbranched alkanes of at least 4 members (excludes halogenated alkanes) is 38. The van der Waals surface area contributed by atoms with Crippen LogP contribution in [0.4, 0.5) is 0 Å². The third-order valence-corrected chi connectivity index (χ3v) is 18.8. The molecule has 91 heavy (non-hydrogen) atoms. The standard InChI is InChI=1S/C72H135NO18/c1-3-5-7-9-11-13-15-17-19-20-21-22-23-24-25-26-27-28-29-30-31-32-33-34-36-38-40-42-44-46-48-50-60(78)73-55(56(77)49-47-45-43-41-39-37-35-18-16-14-12-10-8-6-4-2)54-86-70-66(84)63(81)68(58(52-75)88-70)91-72-67(85)64(82)69(59(53-76)89-72)90-71-65(83)62(80)61(79)57(51-74)87-71/h15,17,20-21,55-59,61-72,74-77,79-85H,3-14,16,18-19,22-54H2,1-2H3,(H,73,78)/b17-15-,21-20-. The fourth-order valence-corrected chi connectivity index (χ4v) is 12.8. The number of aliphatic hydroxyl groups excluding tert-OH is 11. The second-order valence-corrected chi connectivity index (χ2v) is 26.8. The summed E-state index contributed by atoms with van der Waals surface area (Å²) in [6.45, 7) is 1.82. The number of aliphatic hydroxyl groups is 11. The lowest BCUT2D eigenvalue weighted by atomic mass is 9.96. The number of amides is 1. The molecule has 12 N–H and O–H groups in total. The smallest absolute Gasteiger partial charge is 0.220 e. The van der Waals surface area contributed by atoms with E-state index < -0.39 is 124 Å². The van der Waals surface area contributed by atoms with Crippen LogP contribution < -0.4 is 5.32 Å². The second-order valence-electron chi connectivity index (χ2n) is 26.8. The number of rotatable bonds is 58. The Kier molecular flexibility index (Phi) is 49.8. The average molecular weight is 1300 g/mol. The molecule has 0 aromatic heterocycles. The topological polar surface area (TPSA) is 307 Å². The van der Waals surface area contributed by atoms with Crippen molar-refractivity contribution in [3.05, 3.63) is 24.3 Å². The van der Waals surface area contributed by atoms with Crippen LogP contribution in [0.2, 0.25) is 0 Å². The molecule has 3 saturated heterocycles. The summed E-state index contributed by atoms with van der Waals surface area (Å²) >= 11 is 0. The average Bonchev–Trinajstić information content (AvgIpc) is 0.876. The lowest BCUT2D eigenvalue weighted by Crippen LogP contribution is -2.66. The van der Waals surface area contributed by atoms with E-state index in [4.69, 9.17) is 28.4 Å². The molecule has 1 amide bonds. The summed E-state index contributed by atoms with van der Waals surface area (Å²) in [6.07, 6.45) is 35.5. The van der Waals surface area contributed by atoms with Gasteiger partial charge in [-0.25, -0.2) is 0 Å². The van der Waals surface area contributed by atoms with Crippen LogP contribution >= 0.6 is 0 Å². The number of nitrogens with one attached hydrogen (secondary N) is 1. The fourth-order valence-electron chi connectivity index (χ4n) is 12.8. The van der Waals surface area contributed by atoms with Gasteiger partial charge in [-0.05, 0) is 44.9 Å². The number of allylic oxidation sites excluding steroid dienone is 4. The van der Waals surface area contributed by atoms with E-state index in [2.05, 4.69) is 43.5 Å². The van der Waals surface area contributed by atoms with Crippen molar-refractivity contribution in [1.82, 2.24) is 5.32 Å². The fraction of sp³-hybridized carbons (Fsp3) is 0.931. The molecule has 0 bridgehead atoms. The molecule has 17 atom stereocenters. The van der Waals surface area contributed by atoms with Gasteiger partial charge >= 0.3 is 0 Å². The molecule has 3 heterocycles. The van der Waals surface area contributed by atoms with E-state index in [9.17, 15) is 61.0 Å². The highest BCUT2D eigenvalue weighted by atomic mass is 16.8. The van der Waals surface area contributed by atoms with Gasteiger partial charge in [0.05, 0.1) is 38.6 Å². The molecule has 19 heteroatoms. The number of hydrogen-bond acceptors (Lipinski definition) is 18. The lowest BCUT2D eigenvalue weighted by Gasteiger charge is -2.48. The van der Waals surface area contributed by atoms with Crippen molar-refractivity contribution in [3.8, 4) is 0 Å². The van der Waals surface area contributed by atoms with Crippen molar-refractivity contribution in [2.45, 2.75) is 401 Å². The van der Waals surface area contributed by atoms with Crippen molar-refractivity contribution in [3.63, 3.8) is 0 Å². The molecule has 0 aromatic carbocycles. The zero-order valence-electron chi connectivity index (χ0n) is 56.8. The van der Waals surface area contributed by atoms with E-state index in [0.29, 0.717) is 12.8 Å². The summed E-state index contributed by atoms with van der Waals surface area (Å²) in [5.74, 6) is -0.238. The Morgan fingerprint density at radius 2 is 0.725 bits per heavy atom. The summed E-state index contributed by atoms with van der Waals surface area (Å²) in [5.41, 5.74) is 0. The number of carbonyl (C=O) groups is 1. The van der Waals surface area contributed by atoms with Crippen molar-refractivity contribution >= 4 is 5.91 Å². The van der Waals surface area contributed by atoms with Gasteiger partial charge in [0.15, 0.2) is 18.9 Å². The third kappa shape index (κ3) is 35.9. The molecule has 0 saturated carbocycles. The quantitative estimate of drug-likeness (QED) is 0.0199. The number of ether oxygens (including phenoxy) is 6. The summed E-state index contributed by atoms with van der Waals surface area (Å²) in [5, 5.41) is 121. The highest BCUT2D eigenvalue weighted by molar-refractivity contribution is 5.76. The van der Waals surface area contributed by atoms with Crippen molar-refractivity contribution < 1.29 is 89.4 Å². The van der Waals surface area contributed by atoms with Gasteiger partial charge in [-0.3, -0.25) is 4.79 Å². The van der Waals surface area contributed by atoms with E-state index >= 15 is 0 Å². The van der Waals surface area contributed by atoms with Gasteiger partial charge in [-0.2, -0.15) is 0 Å². The maximum atomic E-state index is 13.4. The first-order valence-electron chi connectivity index (χ1n) is 37.1. The summed E-state index contributed by atoms with van der Waals surface area (Å²) in [7, 11) is 0. The first kappa shape index (κ1) is 83.5. The van der Waals surface area contributed by atoms with Gasteiger partial charge in [0.1, 0.15) is 73.2 Å². The maximum absolute atomic E-state index is 13.4. The maximum Gasteiger partial charge on any atom is 0.220 e. The Hall–Kier alpha value is -1.73. The zero-order valence-corrected chi connectivity index (χ0v) is 56.8. The van der Waals surface area contributed by atoms with Gasteiger partial charge < -0.3 is 89.9 Å². The summed E-state index contributed by atoms with van der Waals surface area (Å²) < 4.78 is 34.4. The molecule has 3 aliphatic heterocycles. The second kappa shape index (κ2) is 54.3. The Bertz CT molecular complexity index is 1750. The zero-order chi connectivity index (χ0) is 66.1. The minimum atomic E-state index is -1.97. The predicted octanol–water partition coefficient (Wildman–Crippen LogP) is 10.6. The number of carbonyl (C=O) groups excluding carboxylic acids is 1. The van der Waals surface area contributed by atoms with Crippen molar-refractivity contribution in [1.29, 1.82) is 0 Å². The molecular formula is C72H135NO18. The first-order valence-corrected chi connectivity index (χ1v) is 37.1. The Balaban J connectivity index is 1.36. The molecule has 19 nitrogen and oxygen atoms in total. The molecule has 0 radical (unpaired) electrons. The Morgan fingerprint density at radius 1 is 0.396 bits per heavy atom. The monoisotopic (exact) mass is 1300 g/mol. The molecule has 3 rings (SSSR count). The Labute approximate surface area is 549 Å². The number of hydrogen-bond donors (Lipinski definition) is 12. The van der Waals surface area contributed by atoms with E-state index in [1.54, 1.807) is 0 Å². The SMILES string of the molecule is CCCCCCC/C=C\C/C=C\CCCCCCCCCCCCCCCCCCCCCC(=O)NC(COC1OC(CO)C(OC2OC(CO)C(OC3OC(CO)C(O)C(O)C3O)C(O)C2O)C(O)C1O)C(O)CCCCCCCCCCCCCCCCC. The molecule has 17 unspecified atom stereocenters. The molecule has 0 aromatic rings. The molecule has 0 aliphatic carbocycles. The van der Waals surface area contributed by atoms with Crippen LogP contribution in [0.5, 0.6) is 0 Å². The normalized spacial score (nSPS) is 27.9. The molecule has 0 spiro atoms. The van der Waals surface area contributed by atoms with E-state index in [0.717, 1.165) is 51.4 Å². The molecule has 536 valence electrons. The minimum Gasteiger partial charge on any atom is -0.394 e.